The van der Waals surface area contributed by atoms with Gasteiger partial charge in [0.1, 0.15) is 6.61 Å². The molecule has 4 nitrogen and oxygen atoms in total. The molecule has 1 heterocycles. The monoisotopic (exact) mass is 309 g/mol. The van der Waals surface area contributed by atoms with Crippen LogP contribution in [0.4, 0.5) is 0 Å². The number of rotatable bonds is 7. The molecule has 21 heavy (non-hydrogen) atoms. The van der Waals surface area contributed by atoms with Crippen LogP contribution in [-0.2, 0) is 20.9 Å². The Morgan fingerprint density at radius 2 is 2.00 bits per heavy atom. The molecule has 0 bridgehead atoms. The van der Waals surface area contributed by atoms with E-state index in [0.717, 1.165) is 29.9 Å². The zero-order chi connectivity index (χ0) is 15.0. The molecule has 0 atom stereocenters. The van der Waals surface area contributed by atoms with Crippen molar-refractivity contribution in [1.82, 2.24) is 5.32 Å². The van der Waals surface area contributed by atoms with Crippen LogP contribution in [0.25, 0.3) is 0 Å². The lowest BCUT2D eigenvalue weighted by atomic mass is 9.96. The molecular weight excluding hydrogens is 286 g/mol. The van der Waals surface area contributed by atoms with Gasteiger partial charge in [0.25, 0.3) is 0 Å². The normalized spacial score (nSPS) is 17.4. The first-order chi connectivity index (χ1) is 10.2. The molecule has 116 valence electrons. The van der Waals surface area contributed by atoms with Crippen LogP contribution in [-0.4, -0.2) is 43.3 Å². The standard InChI is InChI=1S/C16H23NO3S/c1-19-16(7-9-21-10-8-16)13-17-15(18)12-20-11-14-5-3-2-4-6-14/h2-6H,7-13H2,1H3,(H,17,18). The van der Waals surface area contributed by atoms with E-state index < -0.39 is 0 Å². The van der Waals surface area contributed by atoms with Crippen LogP contribution in [0.5, 0.6) is 0 Å². The maximum Gasteiger partial charge on any atom is 0.246 e. The van der Waals surface area contributed by atoms with Gasteiger partial charge in [0, 0.05) is 13.7 Å². The van der Waals surface area contributed by atoms with Gasteiger partial charge in [0.15, 0.2) is 0 Å². The number of methoxy groups -OCH3 is 1. The molecule has 1 aliphatic rings. The van der Waals surface area contributed by atoms with Crippen LogP contribution in [0.2, 0.25) is 0 Å². The summed E-state index contributed by atoms with van der Waals surface area (Å²) in [5.74, 6) is 2.10. The van der Waals surface area contributed by atoms with E-state index in [0.29, 0.717) is 13.2 Å². The number of thioether (sulfide) groups is 1. The van der Waals surface area contributed by atoms with Crippen LogP contribution in [0.1, 0.15) is 18.4 Å². The number of nitrogens with one attached hydrogen (secondary N) is 1. The Balaban J connectivity index is 1.67. The summed E-state index contributed by atoms with van der Waals surface area (Å²) in [6, 6.07) is 9.85. The van der Waals surface area contributed by atoms with E-state index in [1.807, 2.05) is 42.1 Å². The second-order valence-corrected chi connectivity index (χ2v) is 6.48. The number of hydrogen-bond donors (Lipinski definition) is 1. The average Bonchev–Trinajstić information content (AvgIpc) is 2.55. The van der Waals surface area contributed by atoms with Crippen molar-refractivity contribution in [3.63, 3.8) is 0 Å². The summed E-state index contributed by atoms with van der Waals surface area (Å²) < 4.78 is 11.1. The van der Waals surface area contributed by atoms with Gasteiger partial charge in [-0.15, -0.1) is 0 Å². The van der Waals surface area contributed by atoms with Crippen molar-refractivity contribution in [3.8, 4) is 0 Å². The average molecular weight is 309 g/mol. The Bertz CT molecular complexity index is 432. The number of hydrogen-bond acceptors (Lipinski definition) is 4. The fraction of sp³-hybridized carbons (Fsp3) is 0.562. The predicted octanol–water partition coefficient (Wildman–Crippen LogP) is 2.23. The van der Waals surface area contributed by atoms with Gasteiger partial charge in [-0.1, -0.05) is 30.3 Å². The van der Waals surface area contributed by atoms with Gasteiger partial charge in [-0.25, -0.2) is 0 Å². The van der Waals surface area contributed by atoms with Crippen LogP contribution in [0, 0.1) is 0 Å². The zero-order valence-corrected chi connectivity index (χ0v) is 13.3. The zero-order valence-electron chi connectivity index (χ0n) is 12.5. The summed E-state index contributed by atoms with van der Waals surface area (Å²) >= 11 is 1.94. The third kappa shape index (κ3) is 5.34. The summed E-state index contributed by atoms with van der Waals surface area (Å²) in [5, 5.41) is 2.93. The summed E-state index contributed by atoms with van der Waals surface area (Å²) in [5.41, 5.74) is 0.878. The van der Waals surface area contributed by atoms with Crippen LogP contribution in [0.3, 0.4) is 0 Å². The molecule has 1 N–H and O–H groups in total. The predicted molar refractivity (Wildman–Crippen MR) is 85.4 cm³/mol. The largest absolute Gasteiger partial charge is 0.376 e. The van der Waals surface area contributed by atoms with Crippen molar-refractivity contribution in [2.75, 3.05) is 31.8 Å². The van der Waals surface area contributed by atoms with E-state index >= 15 is 0 Å². The number of ether oxygens (including phenoxy) is 2. The first kappa shape index (κ1) is 16.3. The van der Waals surface area contributed by atoms with Crippen molar-refractivity contribution in [2.45, 2.75) is 25.0 Å². The van der Waals surface area contributed by atoms with Gasteiger partial charge in [-0.2, -0.15) is 11.8 Å². The van der Waals surface area contributed by atoms with Gasteiger partial charge in [0.2, 0.25) is 5.91 Å². The first-order valence-electron chi connectivity index (χ1n) is 7.25. The van der Waals surface area contributed by atoms with Gasteiger partial charge < -0.3 is 14.8 Å². The quantitative estimate of drug-likeness (QED) is 0.839. The first-order valence-corrected chi connectivity index (χ1v) is 8.41. The van der Waals surface area contributed by atoms with Crippen LogP contribution < -0.4 is 5.32 Å². The molecule has 0 aliphatic carbocycles. The number of amides is 1. The van der Waals surface area contributed by atoms with Gasteiger partial charge in [0.05, 0.1) is 12.2 Å². The van der Waals surface area contributed by atoms with Crippen molar-refractivity contribution in [3.05, 3.63) is 35.9 Å². The number of benzene rings is 1. The van der Waals surface area contributed by atoms with Gasteiger partial charge >= 0.3 is 0 Å². The highest BCUT2D eigenvalue weighted by Crippen LogP contribution is 2.29. The highest BCUT2D eigenvalue weighted by atomic mass is 32.2. The molecule has 1 amide bonds. The van der Waals surface area contributed by atoms with Crippen LogP contribution >= 0.6 is 11.8 Å². The van der Waals surface area contributed by atoms with Gasteiger partial charge in [-0.05, 0) is 29.9 Å². The Labute approximate surface area is 130 Å². The Morgan fingerprint density at radius 3 is 2.67 bits per heavy atom. The summed E-state index contributed by atoms with van der Waals surface area (Å²) in [6.45, 7) is 1.11. The van der Waals surface area contributed by atoms with Crippen LogP contribution in [0.15, 0.2) is 30.3 Å². The topological polar surface area (TPSA) is 47.6 Å². The van der Waals surface area contributed by atoms with Gasteiger partial charge in [-0.3, -0.25) is 4.79 Å². The van der Waals surface area contributed by atoms with E-state index in [2.05, 4.69) is 5.32 Å². The second-order valence-electron chi connectivity index (χ2n) is 5.25. The Morgan fingerprint density at radius 1 is 1.29 bits per heavy atom. The maximum absolute atomic E-state index is 11.8. The molecule has 1 aliphatic heterocycles. The second kappa shape index (κ2) is 8.41. The third-order valence-electron chi connectivity index (χ3n) is 3.79. The molecule has 0 spiro atoms. The molecule has 2 rings (SSSR count). The minimum atomic E-state index is -0.194. The maximum atomic E-state index is 11.8. The minimum Gasteiger partial charge on any atom is -0.376 e. The molecular formula is C16H23NO3S. The van der Waals surface area contributed by atoms with E-state index in [1.54, 1.807) is 7.11 Å². The molecule has 0 unspecified atom stereocenters. The van der Waals surface area contributed by atoms with E-state index in [9.17, 15) is 4.79 Å². The molecule has 5 heteroatoms. The smallest absolute Gasteiger partial charge is 0.246 e. The lowest BCUT2D eigenvalue weighted by Gasteiger charge is -2.35. The molecule has 1 aromatic carbocycles. The number of carbonyl (C=O) groups excluding carboxylic acids is 1. The summed E-state index contributed by atoms with van der Waals surface area (Å²) in [7, 11) is 1.73. The Hall–Kier alpha value is -1.04. The fourth-order valence-corrected chi connectivity index (χ4v) is 3.58. The van der Waals surface area contributed by atoms with Crippen molar-refractivity contribution >= 4 is 17.7 Å². The molecule has 1 aromatic rings. The molecule has 1 fully saturated rings. The lowest BCUT2D eigenvalue weighted by Crippen LogP contribution is -2.47. The summed E-state index contributed by atoms with van der Waals surface area (Å²) in [6.07, 6.45) is 1.97. The van der Waals surface area contributed by atoms with Crippen molar-refractivity contribution < 1.29 is 14.3 Å². The van der Waals surface area contributed by atoms with E-state index in [-0.39, 0.29) is 18.1 Å². The lowest BCUT2D eigenvalue weighted by molar-refractivity contribution is -0.127. The molecule has 1 saturated heterocycles. The highest BCUT2D eigenvalue weighted by molar-refractivity contribution is 7.99. The Kier molecular flexibility index (Phi) is 6.54. The van der Waals surface area contributed by atoms with Crippen molar-refractivity contribution in [2.24, 2.45) is 0 Å². The van der Waals surface area contributed by atoms with Crippen molar-refractivity contribution in [1.29, 1.82) is 0 Å². The SMILES string of the molecule is COC1(CNC(=O)COCc2ccccc2)CCSCC1. The summed E-state index contributed by atoms with van der Waals surface area (Å²) in [4.78, 5) is 11.8. The fourth-order valence-electron chi connectivity index (χ4n) is 2.34. The van der Waals surface area contributed by atoms with E-state index in [4.69, 9.17) is 9.47 Å². The third-order valence-corrected chi connectivity index (χ3v) is 4.78. The number of carbonyl (C=O) groups is 1. The molecule has 0 aromatic heterocycles. The highest BCUT2D eigenvalue weighted by Gasteiger charge is 2.32. The molecule has 0 radical (unpaired) electrons. The van der Waals surface area contributed by atoms with E-state index in [1.165, 1.54) is 0 Å². The molecule has 0 saturated carbocycles. The minimum absolute atomic E-state index is 0.0828.